The molecule has 1 aromatic carbocycles. The van der Waals surface area contributed by atoms with E-state index in [2.05, 4.69) is 15.6 Å². The average Bonchev–Trinajstić information content (AvgIpc) is 2.46. The highest BCUT2D eigenvalue weighted by Crippen LogP contribution is 2.15. The van der Waals surface area contributed by atoms with Gasteiger partial charge in [0, 0.05) is 24.6 Å². The van der Waals surface area contributed by atoms with Crippen LogP contribution < -0.4 is 10.6 Å². The van der Waals surface area contributed by atoms with Gasteiger partial charge in [-0.3, -0.25) is 4.98 Å². The lowest BCUT2D eigenvalue weighted by Crippen LogP contribution is -2.28. The van der Waals surface area contributed by atoms with Crippen LogP contribution in [0.25, 0.3) is 0 Å². The predicted molar refractivity (Wildman–Crippen MR) is 78.2 cm³/mol. The zero-order valence-electron chi connectivity index (χ0n) is 11.5. The molecule has 3 N–H and O–H groups in total. The maximum atomic E-state index is 11.8. The molecule has 6 nitrogen and oxygen atoms in total. The first-order valence-corrected chi connectivity index (χ1v) is 6.34. The van der Waals surface area contributed by atoms with Gasteiger partial charge < -0.3 is 15.7 Å². The number of aryl methyl sites for hydroxylation is 1. The standard InChI is InChI=1S/C15H15N3O3/c1-10-8-12(2-3-13(10)14(19)20)18-15(21)17-9-11-4-6-16-7-5-11/h2-8H,9H2,1H3,(H,19,20)(H2,17,18,21). The second-order valence-corrected chi connectivity index (χ2v) is 4.50. The summed E-state index contributed by atoms with van der Waals surface area (Å²) in [5, 5.41) is 14.3. The van der Waals surface area contributed by atoms with Gasteiger partial charge in [-0.1, -0.05) is 0 Å². The second-order valence-electron chi connectivity index (χ2n) is 4.50. The average molecular weight is 285 g/mol. The molecule has 6 heteroatoms. The van der Waals surface area contributed by atoms with Crippen molar-refractivity contribution >= 4 is 17.7 Å². The van der Waals surface area contributed by atoms with Crippen LogP contribution in [-0.2, 0) is 6.54 Å². The van der Waals surface area contributed by atoms with Gasteiger partial charge in [-0.25, -0.2) is 9.59 Å². The Kier molecular flexibility index (Phi) is 4.50. The highest BCUT2D eigenvalue weighted by molar-refractivity contribution is 5.92. The number of urea groups is 1. The summed E-state index contributed by atoms with van der Waals surface area (Å²) in [6.45, 7) is 2.07. The zero-order chi connectivity index (χ0) is 15.2. The molecule has 0 spiro atoms. The maximum absolute atomic E-state index is 11.8. The molecule has 21 heavy (non-hydrogen) atoms. The topological polar surface area (TPSA) is 91.3 Å². The maximum Gasteiger partial charge on any atom is 0.335 e. The number of carbonyl (C=O) groups excluding carboxylic acids is 1. The van der Waals surface area contributed by atoms with Gasteiger partial charge >= 0.3 is 12.0 Å². The molecule has 0 aliphatic carbocycles. The molecule has 0 bridgehead atoms. The van der Waals surface area contributed by atoms with Gasteiger partial charge in [0.1, 0.15) is 0 Å². The molecule has 0 radical (unpaired) electrons. The lowest BCUT2D eigenvalue weighted by Gasteiger charge is -2.09. The Hall–Kier alpha value is -2.89. The van der Waals surface area contributed by atoms with Crippen LogP contribution in [-0.4, -0.2) is 22.1 Å². The summed E-state index contributed by atoms with van der Waals surface area (Å²) in [4.78, 5) is 26.6. The van der Waals surface area contributed by atoms with Crippen LogP contribution in [0, 0.1) is 6.92 Å². The van der Waals surface area contributed by atoms with E-state index in [4.69, 9.17) is 5.11 Å². The Morgan fingerprint density at radius 3 is 2.52 bits per heavy atom. The van der Waals surface area contributed by atoms with Crippen molar-refractivity contribution < 1.29 is 14.7 Å². The van der Waals surface area contributed by atoms with Crippen LogP contribution in [0.15, 0.2) is 42.7 Å². The van der Waals surface area contributed by atoms with E-state index in [0.717, 1.165) is 5.56 Å². The molecule has 108 valence electrons. The van der Waals surface area contributed by atoms with Gasteiger partial charge in [0.25, 0.3) is 0 Å². The van der Waals surface area contributed by atoms with E-state index in [0.29, 0.717) is 17.8 Å². The smallest absolute Gasteiger partial charge is 0.335 e. The van der Waals surface area contributed by atoms with Gasteiger partial charge in [-0.15, -0.1) is 0 Å². The fraction of sp³-hybridized carbons (Fsp3) is 0.133. The first-order valence-electron chi connectivity index (χ1n) is 6.34. The molecule has 0 unspecified atom stereocenters. The van der Waals surface area contributed by atoms with Crippen LogP contribution in [0.4, 0.5) is 10.5 Å². The van der Waals surface area contributed by atoms with Crippen molar-refractivity contribution in [2.75, 3.05) is 5.32 Å². The van der Waals surface area contributed by atoms with Crippen LogP contribution in [0.3, 0.4) is 0 Å². The Morgan fingerprint density at radius 1 is 1.19 bits per heavy atom. The second kappa shape index (κ2) is 6.51. The third kappa shape index (κ3) is 4.04. The minimum atomic E-state index is -0.985. The Morgan fingerprint density at radius 2 is 1.90 bits per heavy atom. The lowest BCUT2D eigenvalue weighted by atomic mass is 10.1. The van der Waals surface area contributed by atoms with Crippen LogP contribution in [0.5, 0.6) is 0 Å². The number of benzene rings is 1. The van der Waals surface area contributed by atoms with E-state index in [1.54, 1.807) is 31.5 Å². The van der Waals surface area contributed by atoms with Crippen molar-refractivity contribution in [2.45, 2.75) is 13.5 Å². The number of aromatic nitrogens is 1. The van der Waals surface area contributed by atoms with Crippen LogP contribution in [0.1, 0.15) is 21.5 Å². The van der Waals surface area contributed by atoms with Crippen molar-refractivity contribution in [3.8, 4) is 0 Å². The summed E-state index contributed by atoms with van der Waals surface area (Å²) in [6, 6.07) is 7.92. The highest BCUT2D eigenvalue weighted by Gasteiger charge is 2.08. The first-order chi connectivity index (χ1) is 10.1. The first kappa shape index (κ1) is 14.5. The van der Waals surface area contributed by atoms with Gasteiger partial charge in [0.15, 0.2) is 0 Å². The Bertz CT molecular complexity index is 656. The Labute approximate surface area is 121 Å². The summed E-state index contributed by atoms with van der Waals surface area (Å²) in [7, 11) is 0. The van der Waals surface area contributed by atoms with E-state index in [1.165, 1.54) is 6.07 Å². The van der Waals surface area contributed by atoms with Crippen LogP contribution in [0.2, 0.25) is 0 Å². The molecule has 0 saturated heterocycles. The molecular formula is C15H15N3O3. The summed E-state index contributed by atoms with van der Waals surface area (Å²) < 4.78 is 0. The minimum Gasteiger partial charge on any atom is -0.478 e. The highest BCUT2D eigenvalue weighted by atomic mass is 16.4. The normalized spacial score (nSPS) is 9.95. The monoisotopic (exact) mass is 285 g/mol. The number of carboxylic acid groups (broad SMARTS) is 1. The van der Waals surface area contributed by atoms with Crippen molar-refractivity contribution in [1.82, 2.24) is 10.3 Å². The molecule has 0 aliphatic heterocycles. The van der Waals surface area contributed by atoms with E-state index < -0.39 is 5.97 Å². The predicted octanol–water partition coefficient (Wildman–Crippen LogP) is 2.41. The van der Waals surface area contributed by atoms with Crippen molar-refractivity contribution in [1.29, 1.82) is 0 Å². The number of carbonyl (C=O) groups is 2. The molecule has 0 fully saturated rings. The molecule has 0 aliphatic rings. The number of carboxylic acids is 1. The van der Waals surface area contributed by atoms with Gasteiger partial charge in [-0.2, -0.15) is 0 Å². The number of anilines is 1. The lowest BCUT2D eigenvalue weighted by molar-refractivity contribution is 0.0696. The third-order valence-electron chi connectivity index (χ3n) is 2.92. The number of aromatic carboxylic acids is 1. The molecule has 2 aromatic rings. The minimum absolute atomic E-state index is 0.220. The zero-order valence-corrected chi connectivity index (χ0v) is 11.5. The number of hydrogen-bond donors (Lipinski definition) is 3. The fourth-order valence-electron chi connectivity index (χ4n) is 1.84. The van der Waals surface area contributed by atoms with Crippen molar-refractivity contribution in [3.05, 3.63) is 59.4 Å². The quantitative estimate of drug-likeness (QED) is 0.804. The number of pyridine rings is 1. The number of hydrogen-bond acceptors (Lipinski definition) is 3. The SMILES string of the molecule is Cc1cc(NC(=O)NCc2ccncc2)ccc1C(=O)O. The van der Waals surface area contributed by atoms with Crippen molar-refractivity contribution in [2.24, 2.45) is 0 Å². The number of amides is 2. The fourth-order valence-corrected chi connectivity index (χ4v) is 1.84. The number of nitrogens with zero attached hydrogens (tertiary/aromatic N) is 1. The van der Waals surface area contributed by atoms with E-state index in [-0.39, 0.29) is 11.6 Å². The third-order valence-corrected chi connectivity index (χ3v) is 2.92. The summed E-state index contributed by atoms with van der Waals surface area (Å²) >= 11 is 0. The summed E-state index contributed by atoms with van der Waals surface area (Å²) in [5.41, 5.74) is 2.30. The van der Waals surface area contributed by atoms with Gasteiger partial charge in [0.2, 0.25) is 0 Å². The van der Waals surface area contributed by atoms with E-state index in [9.17, 15) is 9.59 Å². The molecule has 0 atom stereocenters. The number of rotatable bonds is 4. The molecule has 0 saturated carbocycles. The Balaban J connectivity index is 1.94. The number of nitrogens with one attached hydrogen (secondary N) is 2. The molecule has 1 aromatic heterocycles. The van der Waals surface area contributed by atoms with Crippen LogP contribution >= 0.6 is 0 Å². The van der Waals surface area contributed by atoms with E-state index >= 15 is 0 Å². The molecule has 2 amide bonds. The molecule has 1 heterocycles. The molecular weight excluding hydrogens is 270 g/mol. The van der Waals surface area contributed by atoms with Crippen molar-refractivity contribution in [3.63, 3.8) is 0 Å². The van der Waals surface area contributed by atoms with Gasteiger partial charge in [0.05, 0.1) is 5.56 Å². The van der Waals surface area contributed by atoms with E-state index in [1.807, 2.05) is 12.1 Å². The molecule has 2 rings (SSSR count). The largest absolute Gasteiger partial charge is 0.478 e. The van der Waals surface area contributed by atoms with Gasteiger partial charge in [-0.05, 0) is 48.4 Å². The summed E-state index contributed by atoms with van der Waals surface area (Å²) in [6.07, 6.45) is 3.31. The summed E-state index contributed by atoms with van der Waals surface area (Å²) in [5.74, 6) is -0.985.